The summed E-state index contributed by atoms with van der Waals surface area (Å²) in [6.45, 7) is 3.57. The van der Waals surface area contributed by atoms with E-state index in [9.17, 15) is 4.79 Å². The van der Waals surface area contributed by atoms with Crippen molar-refractivity contribution < 1.29 is 4.79 Å². The van der Waals surface area contributed by atoms with Gasteiger partial charge in [-0.05, 0) is 47.6 Å². The molecule has 0 bridgehead atoms. The van der Waals surface area contributed by atoms with Crippen LogP contribution in [-0.4, -0.2) is 34.7 Å². The van der Waals surface area contributed by atoms with Crippen molar-refractivity contribution in [2.75, 3.05) is 13.1 Å². The molecule has 1 saturated heterocycles. The van der Waals surface area contributed by atoms with Crippen molar-refractivity contribution in [1.29, 1.82) is 5.41 Å². The largest absolute Gasteiger partial charge is 0.384 e. The van der Waals surface area contributed by atoms with Crippen molar-refractivity contribution >= 4 is 24.1 Å². The fraction of sp³-hybridized carbons (Fsp3) is 0.269. The molecule has 0 radical (unpaired) electrons. The minimum Gasteiger partial charge on any atom is -0.384 e. The standard InChI is InChI=1S/C26H28N4O.ClH/c1-18(19-6-3-2-4-7-19)23-15-24(17-29-16-23)26(31)30-12-10-20(11-13-30)21-8-5-9-22(14-21)25(27)28;/h2-9,14-18,20H,10-13H2,1H3,(H3,27,28);1H. The highest BCUT2D eigenvalue weighted by Crippen LogP contribution is 2.30. The van der Waals surface area contributed by atoms with Crippen molar-refractivity contribution in [3.63, 3.8) is 0 Å². The van der Waals surface area contributed by atoms with Crippen LogP contribution in [0.4, 0.5) is 0 Å². The van der Waals surface area contributed by atoms with Crippen LogP contribution in [0.5, 0.6) is 0 Å². The van der Waals surface area contributed by atoms with E-state index in [2.05, 4.69) is 30.1 Å². The van der Waals surface area contributed by atoms with Crippen LogP contribution < -0.4 is 5.73 Å². The summed E-state index contributed by atoms with van der Waals surface area (Å²) in [5.74, 6) is 0.698. The molecule has 166 valence electrons. The van der Waals surface area contributed by atoms with E-state index in [-0.39, 0.29) is 30.1 Å². The van der Waals surface area contributed by atoms with Crippen molar-refractivity contribution in [3.8, 4) is 0 Å². The predicted octanol–water partition coefficient (Wildman–Crippen LogP) is 4.96. The fourth-order valence-corrected chi connectivity index (χ4v) is 4.30. The molecule has 1 aliphatic heterocycles. The van der Waals surface area contributed by atoms with Crippen molar-refractivity contribution in [1.82, 2.24) is 9.88 Å². The number of nitrogens with one attached hydrogen (secondary N) is 1. The van der Waals surface area contributed by atoms with Crippen LogP contribution in [0.15, 0.2) is 73.1 Å². The maximum absolute atomic E-state index is 13.1. The second kappa shape index (κ2) is 10.4. The first-order valence-electron chi connectivity index (χ1n) is 10.8. The van der Waals surface area contributed by atoms with Gasteiger partial charge in [0.1, 0.15) is 5.84 Å². The van der Waals surface area contributed by atoms with Crippen LogP contribution in [-0.2, 0) is 0 Å². The van der Waals surface area contributed by atoms with Crippen LogP contribution in [0, 0.1) is 5.41 Å². The SMILES string of the molecule is CC(c1ccccc1)c1cncc(C(=O)N2CCC(c3cccc(C(=N)N)c3)CC2)c1.Cl. The molecular weight excluding hydrogens is 420 g/mol. The van der Waals surface area contributed by atoms with Crippen LogP contribution >= 0.6 is 12.4 Å². The number of likely N-dealkylation sites (tertiary alicyclic amines) is 1. The van der Waals surface area contributed by atoms with Crippen molar-refractivity contribution in [2.45, 2.75) is 31.6 Å². The molecule has 5 nitrogen and oxygen atoms in total. The summed E-state index contributed by atoms with van der Waals surface area (Å²) in [5.41, 5.74) is 10.5. The number of amidine groups is 1. The Balaban J connectivity index is 0.00000289. The van der Waals surface area contributed by atoms with Gasteiger partial charge in [-0.1, -0.05) is 55.5 Å². The molecule has 1 atom stereocenters. The van der Waals surface area contributed by atoms with E-state index in [1.807, 2.05) is 53.6 Å². The average Bonchev–Trinajstić information content (AvgIpc) is 2.84. The summed E-state index contributed by atoms with van der Waals surface area (Å²) in [6, 6.07) is 20.2. The number of nitrogens with two attached hydrogens (primary N) is 1. The Morgan fingerprint density at radius 3 is 2.41 bits per heavy atom. The predicted molar refractivity (Wildman–Crippen MR) is 131 cm³/mol. The van der Waals surface area contributed by atoms with Gasteiger partial charge >= 0.3 is 0 Å². The number of nitrogens with zero attached hydrogens (tertiary/aromatic N) is 2. The Bertz CT molecular complexity index is 1080. The summed E-state index contributed by atoms with van der Waals surface area (Å²) in [6.07, 6.45) is 5.33. The number of nitrogen functional groups attached to an aromatic ring is 1. The Kier molecular flexibility index (Phi) is 7.65. The Hall–Kier alpha value is -3.18. The van der Waals surface area contributed by atoms with E-state index in [4.69, 9.17) is 11.1 Å². The molecule has 2 heterocycles. The topological polar surface area (TPSA) is 83.1 Å². The van der Waals surface area contributed by atoms with Gasteiger partial charge in [0, 0.05) is 37.0 Å². The van der Waals surface area contributed by atoms with Gasteiger partial charge < -0.3 is 10.6 Å². The Morgan fingerprint density at radius 2 is 1.72 bits per heavy atom. The number of amides is 1. The highest BCUT2D eigenvalue weighted by atomic mass is 35.5. The molecule has 0 spiro atoms. The molecule has 6 heteroatoms. The zero-order chi connectivity index (χ0) is 21.8. The minimum absolute atomic E-state index is 0. The number of hydrogen-bond donors (Lipinski definition) is 2. The van der Waals surface area contributed by atoms with Crippen molar-refractivity contribution in [2.24, 2.45) is 5.73 Å². The van der Waals surface area contributed by atoms with E-state index >= 15 is 0 Å². The highest BCUT2D eigenvalue weighted by Gasteiger charge is 2.25. The Morgan fingerprint density at radius 1 is 1.00 bits per heavy atom. The van der Waals surface area contributed by atoms with Gasteiger partial charge in [0.15, 0.2) is 0 Å². The number of carbonyl (C=O) groups is 1. The highest BCUT2D eigenvalue weighted by molar-refractivity contribution is 5.95. The van der Waals surface area contributed by atoms with Gasteiger partial charge in [0.25, 0.3) is 5.91 Å². The molecule has 2 aromatic carbocycles. The number of rotatable bonds is 5. The van der Waals surface area contributed by atoms with Crippen LogP contribution in [0.3, 0.4) is 0 Å². The maximum atomic E-state index is 13.1. The van der Waals surface area contributed by atoms with E-state index in [0.717, 1.165) is 24.0 Å². The first-order valence-corrected chi connectivity index (χ1v) is 10.8. The molecule has 3 N–H and O–H groups in total. The summed E-state index contributed by atoms with van der Waals surface area (Å²) in [4.78, 5) is 19.4. The number of halogens is 1. The molecular formula is C26H29ClN4O. The number of benzene rings is 2. The zero-order valence-electron chi connectivity index (χ0n) is 18.2. The minimum atomic E-state index is 0. The Labute approximate surface area is 195 Å². The summed E-state index contributed by atoms with van der Waals surface area (Å²) >= 11 is 0. The molecule has 32 heavy (non-hydrogen) atoms. The van der Waals surface area contributed by atoms with E-state index < -0.39 is 0 Å². The van der Waals surface area contributed by atoms with Gasteiger partial charge in [-0.2, -0.15) is 0 Å². The second-order valence-corrected chi connectivity index (χ2v) is 8.24. The van der Waals surface area contributed by atoms with Gasteiger partial charge in [-0.15, -0.1) is 12.4 Å². The first-order chi connectivity index (χ1) is 15.0. The third kappa shape index (κ3) is 5.17. The summed E-state index contributed by atoms with van der Waals surface area (Å²) < 4.78 is 0. The van der Waals surface area contributed by atoms with Gasteiger partial charge in [-0.25, -0.2) is 0 Å². The summed E-state index contributed by atoms with van der Waals surface area (Å²) in [5, 5.41) is 7.65. The normalized spacial score (nSPS) is 15.0. The van der Waals surface area contributed by atoms with Crippen LogP contribution in [0.25, 0.3) is 0 Å². The lowest BCUT2D eigenvalue weighted by Crippen LogP contribution is -2.38. The molecule has 1 aliphatic rings. The number of hydrogen-bond acceptors (Lipinski definition) is 3. The van der Waals surface area contributed by atoms with Gasteiger partial charge in [0.2, 0.25) is 0 Å². The maximum Gasteiger partial charge on any atom is 0.255 e. The number of pyridine rings is 1. The first kappa shape index (κ1) is 23.5. The third-order valence-electron chi connectivity index (χ3n) is 6.26. The molecule has 1 fully saturated rings. The fourth-order valence-electron chi connectivity index (χ4n) is 4.30. The number of piperidine rings is 1. The lowest BCUT2D eigenvalue weighted by Gasteiger charge is -2.32. The molecule has 3 aromatic rings. The summed E-state index contributed by atoms with van der Waals surface area (Å²) in [7, 11) is 0. The molecule has 1 aromatic heterocycles. The van der Waals surface area contributed by atoms with Crippen LogP contribution in [0.2, 0.25) is 0 Å². The van der Waals surface area contributed by atoms with E-state index in [1.54, 1.807) is 6.20 Å². The molecule has 1 unspecified atom stereocenters. The van der Waals surface area contributed by atoms with Gasteiger partial charge in [0.05, 0.1) is 5.56 Å². The smallest absolute Gasteiger partial charge is 0.255 e. The monoisotopic (exact) mass is 448 g/mol. The van der Waals surface area contributed by atoms with Crippen molar-refractivity contribution in [3.05, 3.63) is 101 Å². The van der Waals surface area contributed by atoms with Crippen LogP contribution in [0.1, 0.15) is 64.2 Å². The lowest BCUT2D eigenvalue weighted by atomic mass is 9.88. The molecule has 1 amide bonds. The van der Waals surface area contributed by atoms with E-state index in [1.165, 1.54) is 11.1 Å². The lowest BCUT2D eigenvalue weighted by molar-refractivity contribution is 0.0712. The quantitative estimate of drug-likeness (QED) is 0.427. The number of carbonyl (C=O) groups excluding carboxylic acids is 1. The van der Waals surface area contributed by atoms with Gasteiger partial charge in [-0.3, -0.25) is 15.2 Å². The number of aromatic nitrogens is 1. The molecule has 4 rings (SSSR count). The third-order valence-corrected chi connectivity index (χ3v) is 6.26. The zero-order valence-corrected chi connectivity index (χ0v) is 19.0. The average molecular weight is 449 g/mol. The van der Waals surface area contributed by atoms with E-state index in [0.29, 0.717) is 24.6 Å². The molecule has 0 aliphatic carbocycles. The molecule has 0 saturated carbocycles. The second-order valence-electron chi connectivity index (χ2n) is 8.24.